The Hall–Kier alpha value is -0.180. The maximum absolute atomic E-state index is 11.0. The van der Waals surface area contributed by atoms with Crippen LogP contribution in [0.5, 0.6) is 0 Å². The van der Waals surface area contributed by atoms with Crippen molar-refractivity contribution >= 4 is 17.7 Å². The number of carbonyl (C=O) groups is 1. The molecule has 0 aromatic heterocycles. The van der Waals surface area contributed by atoms with Gasteiger partial charge in [-0.25, -0.2) is 0 Å². The van der Waals surface area contributed by atoms with Crippen LogP contribution in [0, 0.1) is 0 Å². The summed E-state index contributed by atoms with van der Waals surface area (Å²) in [6.45, 7) is 2.36. The Kier molecular flexibility index (Phi) is 6.08. The SMILES string of the molecule is CCOC(=O)CCSC1CCCCC1. The molecule has 0 radical (unpaired) electrons. The highest BCUT2D eigenvalue weighted by Crippen LogP contribution is 2.28. The lowest BCUT2D eigenvalue weighted by Gasteiger charge is -2.20. The van der Waals surface area contributed by atoms with Gasteiger partial charge in [0.2, 0.25) is 0 Å². The molecule has 1 rings (SSSR count). The van der Waals surface area contributed by atoms with Crippen LogP contribution in [-0.4, -0.2) is 23.6 Å². The van der Waals surface area contributed by atoms with E-state index in [-0.39, 0.29) is 5.97 Å². The molecule has 0 atom stereocenters. The van der Waals surface area contributed by atoms with Crippen molar-refractivity contribution in [3.63, 3.8) is 0 Å². The van der Waals surface area contributed by atoms with Crippen LogP contribution in [0.25, 0.3) is 0 Å². The molecule has 1 aliphatic rings. The average Bonchev–Trinajstić information content (AvgIpc) is 2.20. The van der Waals surface area contributed by atoms with E-state index in [9.17, 15) is 4.79 Å². The Labute approximate surface area is 90.8 Å². The second-order valence-corrected chi connectivity index (χ2v) is 5.09. The Balaban J connectivity index is 1.99. The molecule has 14 heavy (non-hydrogen) atoms. The van der Waals surface area contributed by atoms with Crippen molar-refractivity contribution in [3.8, 4) is 0 Å². The summed E-state index contributed by atoms with van der Waals surface area (Å²) in [5.74, 6) is 0.888. The first-order valence-corrected chi connectivity index (χ1v) is 6.65. The van der Waals surface area contributed by atoms with Crippen LogP contribution in [0.2, 0.25) is 0 Å². The number of esters is 1. The number of hydrogen-bond acceptors (Lipinski definition) is 3. The summed E-state index contributed by atoms with van der Waals surface area (Å²) in [6, 6.07) is 0. The summed E-state index contributed by atoms with van der Waals surface area (Å²) in [7, 11) is 0. The summed E-state index contributed by atoms with van der Waals surface area (Å²) in [4.78, 5) is 11.0. The van der Waals surface area contributed by atoms with E-state index < -0.39 is 0 Å². The summed E-state index contributed by atoms with van der Waals surface area (Å²) < 4.78 is 4.88. The maximum Gasteiger partial charge on any atom is 0.306 e. The fourth-order valence-electron chi connectivity index (χ4n) is 1.77. The van der Waals surface area contributed by atoms with Crippen LogP contribution in [-0.2, 0) is 9.53 Å². The molecule has 0 saturated heterocycles. The molecule has 1 saturated carbocycles. The van der Waals surface area contributed by atoms with Gasteiger partial charge in [-0.2, -0.15) is 11.8 Å². The highest BCUT2D eigenvalue weighted by atomic mass is 32.2. The van der Waals surface area contributed by atoms with Gasteiger partial charge in [0, 0.05) is 11.0 Å². The Bertz CT molecular complexity index is 165. The molecule has 1 aliphatic carbocycles. The van der Waals surface area contributed by atoms with Crippen LogP contribution in [0.15, 0.2) is 0 Å². The third-order valence-electron chi connectivity index (χ3n) is 2.52. The third-order valence-corrected chi connectivity index (χ3v) is 3.90. The standard InChI is InChI=1S/C11H20O2S/c1-2-13-11(12)8-9-14-10-6-4-3-5-7-10/h10H,2-9H2,1H3. The zero-order chi connectivity index (χ0) is 10.2. The van der Waals surface area contributed by atoms with E-state index >= 15 is 0 Å². The number of rotatable bonds is 5. The van der Waals surface area contributed by atoms with Gasteiger partial charge in [0.05, 0.1) is 13.0 Å². The van der Waals surface area contributed by atoms with E-state index in [0.717, 1.165) is 11.0 Å². The highest BCUT2D eigenvalue weighted by Gasteiger charge is 2.13. The summed E-state index contributed by atoms with van der Waals surface area (Å²) in [6.07, 6.45) is 7.40. The average molecular weight is 216 g/mol. The van der Waals surface area contributed by atoms with Crippen molar-refractivity contribution in [1.29, 1.82) is 0 Å². The van der Waals surface area contributed by atoms with Gasteiger partial charge in [-0.15, -0.1) is 0 Å². The van der Waals surface area contributed by atoms with E-state index in [4.69, 9.17) is 4.74 Å². The monoisotopic (exact) mass is 216 g/mol. The zero-order valence-electron chi connectivity index (χ0n) is 8.96. The van der Waals surface area contributed by atoms with Gasteiger partial charge in [-0.3, -0.25) is 4.79 Å². The summed E-state index contributed by atoms with van der Waals surface area (Å²) in [5.41, 5.74) is 0. The fourth-order valence-corrected chi connectivity index (χ4v) is 3.06. The van der Waals surface area contributed by atoms with Gasteiger partial charge in [0.1, 0.15) is 0 Å². The Morgan fingerprint density at radius 2 is 2.07 bits per heavy atom. The molecule has 1 fully saturated rings. The summed E-state index contributed by atoms with van der Waals surface area (Å²) >= 11 is 1.95. The second kappa shape index (κ2) is 7.16. The van der Waals surface area contributed by atoms with E-state index in [2.05, 4.69) is 0 Å². The summed E-state index contributed by atoms with van der Waals surface area (Å²) in [5, 5.41) is 0.804. The maximum atomic E-state index is 11.0. The zero-order valence-corrected chi connectivity index (χ0v) is 9.78. The smallest absolute Gasteiger partial charge is 0.306 e. The molecule has 0 amide bonds. The molecule has 0 aromatic rings. The molecule has 0 N–H and O–H groups in total. The van der Waals surface area contributed by atoms with Crippen molar-refractivity contribution in [2.75, 3.05) is 12.4 Å². The molecule has 0 aromatic carbocycles. The van der Waals surface area contributed by atoms with Gasteiger partial charge >= 0.3 is 5.97 Å². The van der Waals surface area contributed by atoms with Crippen molar-refractivity contribution in [1.82, 2.24) is 0 Å². The van der Waals surface area contributed by atoms with Crippen molar-refractivity contribution in [2.24, 2.45) is 0 Å². The van der Waals surface area contributed by atoms with Crippen molar-refractivity contribution in [2.45, 2.75) is 50.7 Å². The second-order valence-electron chi connectivity index (χ2n) is 3.69. The third kappa shape index (κ3) is 4.89. The first-order valence-electron chi connectivity index (χ1n) is 5.60. The Morgan fingerprint density at radius 3 is 2.71 bits per heavy atom. The number of ether oxygens (including phenoxy) is 1. The van der Waals surface area contributed by atoms with Crippen molar-refractivity contribution in [3.05, 3.63) is 0 Å². The van der Waals surface area contributed by atoms with E-state index in [0.29, 0.717) is 13.0 Å². The van der Waals surface area contributed by atoms with Crippen LogP contribution in [0.4, 0.5) is 0 Å². The normalized spacial score (nSPS) is 18.1. The lowest BCUT2D eigenvalue weighted by Crippen LogP contribution is -2.11. The molecular formula is C11H20O2S. The highest BCUT2D eigenvalue weighted by molar-refractivity contribution is 7.99. The topological polar surface area (TPSA) is 26.3 Å². The van der Waals surface area contributed by atoms with Gasteiger partial charge < -0.3 is 4.74 Å². The van der Waals surface area contributed by atoms with Gasteiger partial charge in [0.25, 0.3) is 0 Å². The van der Waals surface area contributed by atoms with E-state index in [1.165, 1.54) is 32.1 Å². The minimum absolute atomic E-state index is 0.0455. The largest absolute Gasteiger partial charge is 0.466 e. The van der Waals surface area contributed by atoms with Gasteiger partial charge in [-0.1, -0.05) is 19.3 Å². The quantitative estimate of drug-likeness (QED) is 0.661. The molecule has 3 heteroatoms. The van der Waals surface area contributed by atoms with Crippen LogP contribution >= 0.6 is 11.8 Å². The number of hydrogen-bond donors (Lipinski definition) is 0. The lowest BCUT2D eigenvalue weighted by atomic mass is 10.0. The van der Waals surface area contributed by atoms with Gasteiger partial charge in [-0.05, 0) is 19.8 Å². The molecule has 2 nitrogen and oxygen atoms in total. The van der Waals surface area contributed by atoms with Gasteiger partial charge in [0.15, 0.2) is 0 Å². The fraction of sp³-hybridized carbons (Fsp3) is 0.909. The minimum Gasteiger partial charge on any atom is -0.466 e. The Morgan fingerprint density at radius 1 is 1.36 bits per heavy atom. The van der Waals surface area contributed by atoms with Crippen LogP contribution in [0.1, 0.15) is 45.4 Å². The van der Waals surface area contributed by atoms with Crippen LogP contribution in [0.3, 0.4) is 0 Å². The van der Waals surface area contributed by atoms with E-state index in [1.807, 2.05) is 18.7 Å². The first-order chi connectivity index (χ1) is 6.83. The molecule has 0 bridgehead atoms. The number of carbonyl (C=O) groups excluding carboxylic acids is 1. The first kappa shape index (κ1) is 11.9. The molecular weight excluding hydrogens is 196 g/mol. The van der Waals surface area contributed by atoms with Crippen LogP contribution < -0.4 is 0 Å². The molecule has 0 spiro atoms. The minimum atomic E-state index is -0.0455. The molecule has 0 unspecified atom stereocenters. The predicted octanol–water partition coefficient (Wildman–Crippen LogP) is 3.01. The molecule has 82 valence electrons. The molecule has 0 heterocycles. The van der Waals surface area contributed by atoms with Crippen molar-refractivity contribution < 1.29 is 9.53 Å². The number of thioether (sulfide) groups is 1. The molecule has 0 aliphatic heterocycles. The lowest BCUT2D eigenvalue weighted by molar-refractivity contribution is -0.142. The van der Waals surface area contributed by atoms with E-state index in [1.54, 1.807) is 0 Å². The predicted molar refractivity (Wildman–Crippen MR) is 60.6 cm³/mol.